The van der Waals surface area contributed by atoms with Gasteiger partial charge in [0.15, 0.2) is 0 Å². The first-order chi connectivity index (χ1) is 19.5. The molecule has 2 aromatic carbocycles. The van der Waals surface area contributed by atoms with Gasteiger partial charge in [-0.25, -0.2) is 4.79 Å². The third-order valence-electron chi connectivity index (χ3n) is 7.93. The second-order valence-corrected chi connectivity index (χ2v) is 13.1. The van der Waals surface area contributed by atoms with Crippen molar-refractivity contribution >= 4 is 35.4 Å². The molecule has 0 heterocycles. The highest BCUT2D eigenvalue weighted by Gasteiger charge is 2.24. The summed E-state index contributed by atoms with van der Waals surface area (Å²) in [6.07, 6.45) is 12.0. The van der Waals surface area contributed by atoms with Crippen molar-refractivity contribution in [3.05, 3.63) is 59.2 Å². The van der Waals surface area contributed by atoms with Crippen LogP contribution in [0.3, 0.4) is 0 Å². The number of nitrogens with one attached hydrogen (secondary N) is 2. The lowest BCUT2D eigenvalue weighted by atomic mass is 9.85. The van der Waals surface area contributed by atoms with Crippen LogP contribution in [0.5, 0.6) is 0 Å². The molecule has 220 valence electrons. The zero-order valence-electron chi connectivity index (χ0n) is 24.8. The van der Waals surface area contributed by atoms with Crippen molar-refractivity contribution in [1.82, 2.24) is 10.6 Å². The van der Waals surface area contributed by atoms with Gasteiger partial charge in [0.25, 0.3) is 5.91 Å². The first kappa shape index (κ1) is 32.6. The summed E-state index contributed by atoms with van der Waals surface area (Å²) in [6, 6.07) is 14.1. The lowest BCUT2D eigenvalue weighted by Crippen LogP contribution is -2.42. The van der Waals surface area contributed by atoms with E-state index in [4.69, 9.17) is 4.74 Å². The Morgan fingerprint density at radius 3 is 2.52 bits per heavy atom. The Balaban J connectivity index is 1.79. The number of benzene rings is 2. The monoisotopic (exact) mass is 584 g/mol. The molecule has 1 fully saturated rings. The Kier molecular flexibility index (Phi) is 14.5. The van der Waals surface area contributed by atoms with E-state index in [0.29, 0.717) is 18.0 Å². The fourth-order valence-electron chi connectivity index (χ4n) is 5.54. The van der Waals surface area contributed by atoms with E-state index in [1.807, 2.05) is 42.3 Å². The van der Waals surface area contributed by atoms with E-state index in [0.717, 1.165) is 52.0 Å². The molecule has 1 saturated carbocycles. The SMILES string of the molecule is CCSCC(CCC1CCCCC1)NCc1ccc(C(=O)N[C@@H](CCSC)C(=O)OC)c(-c2ccccc2C)c1. The summed E-state index contributed by atoms with van der Waals surface area (Å²) in [5.74, 6) is 3.24. The average molecular weight is 585 g/mol. The van der Waals surface area contributed by atoms with Gasteiger partial charge in [-0.1, -0.05) is 69.4 Å². The van der Waals surface area contributed by atoms with Crippen LogP contribution in [0.4, 0.5) is 0 Å². The first-order valence-electron chi connectivity index (χ1n) is 14.8. The number of hydrogen-bond donors (Lipinski definition) is 2. The molecule has 1 unspecified atom stereocenters. The van der Waals surface area contributed by atoms with Crippen molar-refractivity contribution in [2.24, 2.45) is 5.92 Å². The first-order valence-corrected chi connectivity index (χ1v) is 17.4. The quantitative estimate of drug-likeness (QED) is 0.203. The second-order valence-electron chi connectivity index (χ2n) is 10.8. The Labute approximate surface area is 250 Å². The number of rotatable bonds is 16. The number of thioether (sulfide) groups is 2. The normalized spacial score (nSPS) is 15.4. The molecule has 5 nitrogen and oxygen atoms in total. The third kappa shape index (κ3) is 10.1. The van der Waals surface area contributed by atoms with Crippen LogP contribution in [-0.4, -0.2) is 54.6 Å². The summed E-state index contributed by atoms with van der Waals surface area (Å²) < 4.78 is 4.97. The fraction of sp³-hybridized carbons (Fsp3) is 0.576. The largest absolute Gasteiger partial charge is 0.467 e. The molecule has 0 saturated heterocycles. The number of methoxy groups -OCH3 is 1. The molecule has 0 aromatic heterocycles. The highest BCUT2D eigenvalue weighted by atomic mass is 32.2. The van der Waals surface area contributed by atoms with E-state index in [-0.39, 0.29) is 5.91 Å². The molecule has 1 aliphatic rings. The second kappa shape index (κ2) is 17.8. The van der Waals surface area contributed by atoms with Gasteiger partial charge in [-0.15, -0.1) is 0 Å². The van der Waals surface area contributed by atoms with Gasteiger partial charge in [-0.2, -0.15) is 23.5 Å². The van der Waals surface area contributed by atoms with Gasteiger partial charge in [0.2, 0.25) is 0 Å². The minimum Gasteiger partial charge on any atom is -0.467 e. The zero-order chi connectivity index (χ0) is 28.7. The lowest BCUT2D eigenvalue weighted by molar-refractivity contribution is -0.142. The van der Waals surface area contributed by atoms with Crippen LogP contribution in [0.15, 0.2) is 42.5 Å². The predicted molar refractivity (Wildman–Crippen MR) is 172 cm³/mol. The molecule has 0 aliphatic heterocycles. The molecule has 1 amide bonds. The molecule has 1 aliphatic carbocycles. The van der Waals surface area contributed by atoms with Crippen LogP contribution < -0.4 is 10.6 Å². The number of carbonyl (C=O) groups is 2. The summed E-state index contributed by atoms with van der Waals surface area (Å²) in [5, 5.41) is 6.79. The topological polar surface area (TPSA) is 67.4 Å². The Hall–Kier alpha value is -1.96. The molecule has 40 heavy (non-hydrogen) atoms. The molecule has 2 aromatic rings. The van der Waals surface area contributed by atoms with Crippen LogP contribution in [0.25, 0.3) is 11.1 Å². The van der Waals surface area contributed by atoms with Crippen LogP contribution >= 0.6 is 23.5 Å². The van der Waals surface area contributed by atoms with Crippen molar-refractivity contribution in [2.45, 2.75) is 83.8 Å². The Morgan fingerprint density at radius 1 is 1.05 bits per heavy atom. The van der Waals surface area contributed by atoms with Gasteiger partial charge in [-0.05, 0) is 84.3 Å². The zero-order valence-corrected chi connectivity index (χ0v) is 26.4. The molecular formula is C33H48N2O3S2. The van der Waals surface area contributed by atoms with Crippen LogP contribution in [-0.2, 0) is 16.1 Å². The van der Waals surface area contributed by atoms with Gasteiger partial charge < -0.3 is 15.4 Å². The van der Waals surface area contributed by atoms with Gasteiger partial charge in [0.1, 0.15) is 6.04 Å². The maximum absolute atomic E-state index is 13.5. The Bertz CT molecular complexity index is 1070. The van der Waals surface area contributed by atoms with E-state index in [9.17, 15) is 9.59 Å². The highest BCUT2D eigenvalue weighted by molar-refractivity contribution is 7.99. The molecule has 2 atom stereocenters. The molecule has 0 bridgehead atoms. The number of hydrogen-bond acceptors (Lipinski definition) is 6. The van der Waals surface area contributed by atoms with E-state index in [2.05, 4.69) is 42.7 Å². The van der Waals surface area contributed by atoms with E-state index in [1.165, 1.54) is 52.1 Å². The number of carbonyl (C=O) groups excluding carboxylic acids is 2. The van der Waals surface area contributed by atoms with Crippen molar-refractivity contribution in [3.63, 3.8) is 0 Å². The highest BCUT2D eigenvalue weighted by Crippen LogP contribution is 2.30. The van der Waals surface area contributed by atoms with Crippen molar-refractivity contribution in [2.75, 3.05) is 30.6 Å². The van der Waals surface area contributed by atoms with Crippen molar-refractivity contribution in [1.29, 1.82) is 0 Å². The number of ether oxygens (including phenoxy) is 1. The van der Waals surface area contributed by atoms with Gasteiger partial charge in [-0.3, -0.25) is 4.79 Å². The lowest BCUT2D eigenvalue weighted by Gasteiger charge is -2.25. The standard InChI is InChI=1S/C33H48N2O3S2/c1-5-40-23-27(17-15-25-12-7-6-8-13-25)34-22-26-16-18-29(30(21-26)28-14-10-9-11-24(28)2)32(36)35-31(19-20-39-4)33(37)38-3/h9-11,14,16,18,21,25,27,31,34H,5-8,12-13,15,17,19-20,22-23H2,1-4H3,(H,35,36)/t27?,31-/m0/s1. The number of esters is 1. The minimum atomic E-state index is -0.669. The average Bonchev–Trinajstić information content (AvgIpc) is 2.99. The summed E-state index contributed by atoms with van der Waals surface area (Å²) in [5.41, 5.74) is 4.77. The van der Waals surface area contributed by atoms with Crippen LogP contribution in [0.1, 0.15) is 79.8 Å². The minimum absolute atomic E-state index is 0.251. The third-order valence-corrected chi connectivity index (χ3v) is 9.62. The number of aryl methyl sites for hydroxylation is 1. The molecule has 3 rings (SSSR count). The molecule has 0 spiro atoms. The predicted octanol–water partition coefficient (Wildman–Crippen LogP) is 7.26. The summed E-state index contributed by atoms with van der Waals surface area (Å²) >= 11 is 3.65. The summed E-state index contributed by atoms with van der Waals surface area (Å²) in [4.78, 5) is 25.9. The van der Waals surface area contributed by atoms with Crippen molar-refractivity contribution < 1.29 is 14.3 Å². The summed E-state index contributed by atoms with van der Waals surface area (Å²) in [7, 11) is 1.36. The van der Waals surface area contributed by atoms with Gasteiger partial charge in [0.05, 0.1) is 7.11 Å². The van der Waals surface area contributed by atoms with Gasteiger partial charge in [0, 0.05) is 23.9 Å². The molecule has 0 radical (unpaired) electrons. The van der Waals surface area contributed by atoms with E-state index < -0.39 is 12.0 Å². The smallest absolute Gasteiger partial charge is 0.328 e. The fourth-order valence-corrected chi connectivity index (χ4v) is 6.82. The van der Waals surface area contributed by atoms with Gasteiger partial charge >= 0.3 is 5.97 Å². The molecule has 7 heteroatoms. The van der Waals surface area contributed by atoms with E-state index >= 15 is 0 Å². The maximum atomic E-state index is 13.5. The molecular weight excluding hydrogens is 537 g/mol. The maximum Gasteiger partial charge on any atom is 0.328 e. The Morgan fingerprint density at radius 2 is 1.82 bits per heavy atom. The number of amides is 1. The summed E-state index contributed by atoms with van der Waals surface area (Å²) in [6.45, 7) is 5.06. The van der Waals surface area contributed by atoms with Crippen LogP contribution in [0, 0.1) is 12.8 Å². The van der Waals surface area contributed by atoms with Crippen LogP contribution in [0.2, 0.25) is 0 Å². The molecule has 2 N–H and O–H groups in total. The van der Waals surface area contributed by atoms with Crippen molar-refractivity contribution in [3.8, 4) is 11.1 Å². The van der Waals surface area contributed by atoms with E-state index in [1.54, 1.807) is 11.8 Å².